The molecule has 1 unspecified atom stereocenters. The first-order valence-corrected chi connectivity index (χ1v) is 12.3. The van der Waals surface area contributed by atoms with E-state index in [0.29, 0.717) is 32.4 Å². The highest BCUT2D eigenvalue weighted by Gasteiger charge is 2.30. The first-order chi connectivity index (χ1) is 17.7. The summed E-state index contributed by atoms with van der Waals surface area (Å²) < 4.78 is 0. The highest BCUT2D eigenvalue weighted by atomic mass is 16.2. The lowest BCUT2D eigenvalue weighted by molar-refractivity contribution is -0.141. The van der Waals surface area contributed by atoms with Crippen LogP contribution in [0.25, 0.3) is 0 Å². The molecule has 0 saturated carbocycles. The molecular weight excluding hydrogens is 446 g/mol. The Morgan fingerprint density at radius 1 is 0.694 bits per heavy atom. The molecule has 1 aromatic heterocycles. The lowest BCUT2D eigenvalue weighted by Crippen LogP contribution is -2.50. The van der Waals surface area contributed by atoms with Crippen LogP contribution in [0.15, 0.2) is 116 Å². The molecular formula is C31H31N3O2. The number of carbonyl (C=O) groups excluding carboxylic acids is 2. The molecule has 3 aromatic carbocycles. The normalized spacial score (nSPS) is 11.4. The number of aryl methyl sites for hydroxylation is 1. The number of nitrogens with zero attached hydrogens (tertiary/aromatic N) is 2. The number of hydrogen-bond donors (Lipinski definition) is 1. The van der Waals surface area contributed by atoms with Gasteiger partial charge in [-0.15, -0.1) is 0 Å². The molecule has 5 nitrogen and oxygen atoms in total. The van der Waals surface area contributed by atoms with Gasteiger partial charge < -0.3 is 10.2 Å². The van der Waals surface area contributed by atoms with Crippen LogP contribution < -0.4 is 5.32 Å². The molecule has 1 atom stereocenters. The summed E-state index contributed by atoms with van der Waals surface area (Å²) in [6.45, 7) is 0.749. The standard InChI is InChI=1S/C31H31N3O2/c35-30(17-16-25-10-4-1-5-11-25)34(24-28-14-8-3-9-15-28)29(22-26-12-6-2-7-13-26)31(36)33-23-27-18-20-32-21-19-27/h1-15,18-21,29H,16-17,22-24H2,(H,33,36). The Kier molecular flexibility index (Phi) is 8.98. The molecule has 0 aliphatic heterocycles. The maximum atomic E-state index is 13.7. The van der Waals surface area contributed by atoms with Crippen LogP contribution >= 0.6 is 0 Å². The van der Waals surface area contributed by atoms with Gasteiger partial charge in [-0.3, -0.25) is 14.6 Å². The largest absolute Gasteiger partial charge is 0.350 e. The van der Waals surface area contributed by atoms with E-state index in [-0.39, 0.29) is 11.8 Å². The number of pyridine rings is 1. The second-order valence-corrected chi connectivity index (χ2v) is 8.77. The molecule has 0 saturated heterocycles. The van der Waals surface area contributed by atoms with Gasteiger partial charge in [0, 0.05) is 38.3 Å². The SMILES string of the molecule is O=C(NCc1ccncc1)C(Cc1ccccc1)N(Cc1ccccc1)C(=O)CCc1ccccc1. The van der Waals surface area contributed by atoms with Gasteiger partial charge >= 0.3 is 0 Å². The zero-order valence-electron chi connectivity index (χ0n) is 20.3. The van der Waals surface area contributed by atoms with Crippen molar-refractivity contribution in [3.05, 3.63) is 138 Å². The summed E-state index contributed by atoms with van der Waals surface area (Å²) in [5, 5.41) is 3.05. The first kappa shape index (κ1) is 24.9. The van der Waals surface area contributed by atoms with E-state index in [2.05, 4.69) is 10.3 Å². The van der Waals surface area contributed by atoms with Gasteiger partial charge in [-0.05, 0) is 40.8 Å². The van der Waals surface area contributed by atoms with Crippen molar-refractivity contribution in [1.29, 1.82) is 0 Å². The third kappa shape index (κ3) is 7.37. The van der Waals surface area contributed by atoms with Crippen molar-refractivity contribution < 1.29 is 9.59 Å². The summed E-state index contributed by atoms with van der Waals surface area (Å²) in [5.41, 5.74) is 4.06. The molecule has 0 aliphatic carbocycles. The lowest BCUT2D eigenvalue weighted by atomic mass is 10.0. The molecule has 0 aliphatic rings. The molecule has 1 heterocycles. The number of benzene rings is 3. The van der Waals surface area contributed by atoms with Gasteiger partial charge in [-0.1, -0.05) is 91.0 Å². The summed E-state index contributed by atoms with van der Waals surface area (Å²) in [7, 11) is 0. The number of carbonyl (C=O) groups is 2. The van der Waals surface area contributed by atoms with Crippen molar-refractivity contribution in [2.45, 2.75) is 38.4 Å². The van der Waals surface area contributed by atoms with Crippen molar-refractivity contribution in [3.8, 4) is 0 Å². The second-order valence-electron chi connectivity index (χ2n) is 8.77. The van der Waals surface area contributed by atoms with Crippen molar-refractivity contribution in [2.24, 2.45) is 0 Å². The van der Waals surface area contributed by atoms with Gasteiger partial charge in [0.25, 0.3) is 0 Å². The molecule has 36 heavy (non-hydrogen) atoms. The minimum absolute atomic E-state index is 0.0392. The van der Waals surface area contributed by atoms with Gasteiger partial charge in [0.15, 0.2) is 0 Å². The van der Waals surface area contributed by atoms with E-state index in [1.54, 1.807) is 17.3 Å². The van der Waals surface area contributed by atoms with Crippen molar-refractivity contribution in [3.63, 3.8) is 0 Å². The van der Waals surface area contributed by atoms with Gasteiger partial charge in [-0.25, -0.2) is 0 Å². The van der Waals surface area contributed by atoms with E-state index in [1.165, 1.54) is 0 Å². The number of nitrogens with one attached hydrogen (secondary N) is 1. The maximum absolute atomic E-state index is 13.7. The predicted molar refractivity (Wildman–Crippen MR) is 142 cm³/mol. The molecule has 0 bridgehead atoms. The van der Waals surface area contributed by atoms with Crippen LogP contribution in [0, 0.1) is 0 Å². The highest BCUT2D eigenvalue weighted by molar-refractivity contribution is 5.88. The third-order valence-electron chi connectivity index (χ3n) is 6.15. The van der Waals surface area contributed by atoms with Crippen LogP contribution in [0.3, 0.4) is 0 Å². The Bertz CT molecular complexity index is 1120. The van der Waals surface area contributed by atoms with E-state index in [4.69, 9.17) is 0 Å². The smallest absolute Gasteiger partial charge is 0.243 e. The van der Waals surface area contributed by atoms with E-state index >= 15 is 0 Å². The Labute approximate surface area is 212 Å². The predicted octanol–water partition coefficient (Wildman–Crippen LogP) is 4.97. The summed E-state index contributed by atoms with van der Waals surface area (Å²) in [4.78, 5) is 33.1. The van der Waals surface area contributed by atoms with Gasteiger partial charge in [0.1, 0.15) is 6.04 Å². The van der Waals surface area contributed by atoms with Crippen LogP contribution in [0.5, 0.6) is 0 Å². The monoisotopic (exact) mass is 477 g/mol. The van der Waals surface area contributed by atoms with E-state index < -0.39 is 6.04 Å². The Balaban J connectivity index is 1.59. The molecule has 2 amide bonds. The summed E-state index contributed by atoms with van der Waals surface area (Å²) in [5.74, 6) is -0.206. The fourth-order valence-electron chi connectivity index (χ4n) is 4.18. The average molecular weight is 478 g/mol. The first-order valence-electron chi connectivity index (χ1n) is 12.3. The lowest BCUT2D eigenvalue weighted by Gasteiger charge is -2.31. The fourth-order valence-corrected chi connectivity index (χ4v) is 4.18. The minimum Gasteiger partial charge on any atom is -0.350 e. The fraction of sp³-hybridized carbons (Fsp3) is 0.194. The van der Waals surface area contributed by atoms with E-state index in [1.807, 2.05) is 103 Å². The van der Waals surface area contributed by atoms with Gasteiger partial charge in [-0.2, -0.15) is 0 Å². The topological polar surface area (TPSA) is 62.3 Å². The number of aromatic nitrogens is 1. The van der Waals surface area contributed by atoms with Crippen LogP contribution in [-0.4, -0.2) is 27.7 Å². The molecule has 0 radical (unpaired) electrons. The Morgan fingerprint density at radius 2 is 1.25 bits per heavy atom. The highest BCUT2D eigenvalue weighted by Crippen LogP contribution is 2.17. The molecule has 5 heteroatoms. The van der Waals surface area contributed by atoms with Crippen LogP contribution in [0.2, 0.25) is 0 Å². The van der Waals surface area contributed by atoms with Crippen LogP contribution in [-0.2, 0) is 35.5 Å². The summed E-state index contributed by atoms with van der Waals surface area (Å²) in [6.07, 6.45) is 4.81. The van der Waals surface area contributed by atoms with E-state index in [0.717, 1.165) is 22.3 Å². The quantitative estimate of drug-likeness (QED) is 0.332. The van der Waals surface area contributed by atoms with Crippen molar-refractivity contribution in [2.75, 3.05) is 0 Å². The van der Waals surface area contributed by atoms with E-state index in [9.17, 15) is 9.59 Å². The Morgan fingerprint density at radius 3 is 1.86 bits per heavy atom. The molecule has 0 spiro atoms. The van der Waals surface area contributed by atoms with Crippen molar-refractivity contribution in [1.82, 2.24) is 15.2 Å². The number of rotatable bonds is 11. The minimum atomic E-state index is -0.641. The zero-order valence-corrected chi connectivity index (χ0v) is 20.3. The molecule has 182 valence electrons. The molecule has 4 aromatic rings. The van der Waals surface area contributed by atoms with Gasteiger partial charge in [0.05, 0.1) is 0 Å². The molecule has 4 rings (SSSR count). The second kappa shape index (κ2) is 13.0. The number of amides is 2. The summed E-state index contributed by atoms with van der Waals surface area (Å²) >= 11 is 0. The van der Waals surface area contributed by atoms with Crippen LogP contribution in [0.4, 0.5) is 0 Å². The Hall–Kier alpha value is -4.25. The maximum Gasteiger partial charge on any atom is 0.243 e. The average Bonchev–Trinajstić information content (AvgIpc) is 2.94. The van der Waals surface area contributed by atoms with Gasteiger partial charge in [0.2, 0.25) is 11.8 Å². The molecule has 0 fully saturated rings. The van der Waals surface area contributed by atoms with Crippen LogP contribution in [0.1, 0.15) is 28.7 Å². The molecule has 1 N–H and O–H groups in total. The zero-order chi connectivity index (χ0) is 25.0. The van der Waals surface area contributed by atoms with Crippen molar-refractivity contribution >= 4 is 11.8 Å². The number of hydrogen-bond acceptors (Lipinski definition) is 3. The summed E-state index contributed by atoms with van der Waals surface area (Å²) in [6, 6.07) is 32.8. The third-order valence-corrected chi connectivity index (χ3v) is 6.15.